The highest BCUT2D eigenvalue weighted by molar-refractivity contribution is 6.22. The van der Waals surface area contributed by atoms with Crippen LogP contribution in [0.4, 0.5) is 0 Å². The summed E-state index contributed by atoms with van der Waals surface area (Å²) in [4.78, 5) is 0. The fraction of sp³-hybridized carbons (Fsp3) is 1.00. The SMILES string of the molecule is Cl[C@@H]1[C@H]2CCCO[C@H]2C12CCCC2. The molecule has 1 aliphatic heterocycles. The lowest BCUT2D eigenvalue weighted by Crippen LogP contribution is -2.63. The second-order valence-corrected chi connectivity index (χ2v) is 5.41. The van der Waals surface area contributed by atoms with Gasteiger partial charge in [0.15, 0.2) is 0 Å². The van der Waals surface area contributed by atoms with E-state index in [1.54, 1.807) is 0 Å². The summed E-state index contributed by atoms with van der Waals surface area (Å²) in [6.07, 6.45) is 8.45. The monoisotopic (exact) mass is 200 g/mol. The van der Waals surface area contributed by atoms with E-state index in [4.69, 9.17) is 16.3 Å². The van der Waals surface area contributed by atoms with Gasteiger partial charge in [0.25, 0.3) is 0 Å². The Bertz CT molecular complexity index is 210. The lowest BCUT2D eigenvalue weighted by atomic mass is 9.56. The summed E-state index contributed by atoms with van der Waals surface area (Å²) >= 11 is 6.51. The topological polar surface area (TPSA) is 9.23 Å². The first kappa shape index (κ1) is 8.55. The molecule has 74 valence electrons. The molecule has 1 spiro atoms. The summed E-state index contributed by atoms with van der Waals surface area (Å²) in [7, 11) is 0. The third-order valence-corrected chi connectivity index (χ3v) is 5.15. The lowest BCUT2D eigenvalue weighted by Gasteiger charge is -2.59. The zero-order chi connectivity index (χ0) is 8.89. The smallest absolute Gasteiger partial charge is 0.0687 e. The minimum atomic E-state index is 0.409. The minimum Gasteiger partial charge on any atom is -0.377 e. The number of rotatable bonds is 0. The molecule has 0 bridgehead atoms. The van der Waals surface area contributed by atoms with Crippen LogP contribution in [0.5, 0.6) is 0 Å². The van der Waals surface area contributed by atoms with Crippen molar-refractivity contribution in [2.45, 2.75) is 50.0 Å². The van der Waals surface area contributed by atoms with Crippen LogP contribution < -0.4 is 0 Å². The molecule has 1 heterocycles. The molecule has 1 saturated heterocycles. The largest absolute Gasteiger partial charge is 0.377 e. The van der Waals surface area contributed by atoms with E-state index in [1.807, 2.05) is 0 Å². The summed E-state index contributed by atoms with van der Waals surface area (Å²) in [6, 6.07) is 0. The third-order valence-electron chi connectivity index (χ3n) is 4.39. The highest BCUT2D eigenvalue weighted by Crippen LogP contribution is 2.62. The highest BCUT2D eigenvalue weighted by atomic mass is 35.5. The van der Waals surface area contributed by atoms with Gasteiger partial charge in [-0.1, -0.05) is 12.8 Å². The van der Waals surface area contributed by atoms with Crippen molar-refractivity contribution in [1.29, 1.82) is 0 Å². The van der Waals surface area contributed by atoms with Gasteiger partial charge in [-0.3, -0.25) is 0 Å². The van der Waals surface area contributed by atoms with Crippen LogP contribution in [0.2, 0.25) is 0 Å². The van der Waals surface area contributed by atoms with Crippen molar-refractivity contribution in [3.05, 3.63) is 0 Å². The van der Waals surface area contributed by atoms with Gasteiger partial charge in [-0.25, -0.2) is 0 Å². The zero-order valence-electron chi connectivity index (χ0n) is 7.97. The summed E-state index contributed by atoms with van der Waals surface area (Å²) < 4.78 is 5.90. The first-order valence-corrected chi connectivity index (χ1v) is 6.04. The fourth-order valence-electron chi connectivity index (χ4n) is 3.75. The Morgan fingerprint density at radius 3 is 2.69 bits per heavy atom. The van der Waals surface area contributed by atoms with Crippen LogP contribution in [0.3, 0.4) is 0 Å². The summed E-state index contributed by atoms with van der Waals surface area (Å²) in [5.41, 5.74) is 0.409. The first-order chi connectivity index (χ1) is 6.34. The molecule has 0 aromatic carbocycles. The average Bonchev–Trinajstić information content (AvgIpc) is 2.68. The summed E-state index contributed by atoms with van der Waals surface area (Å²) in [5.74, 6) is 0.688. The van der Waals surface area contributed by atoms with Crippen LogP contribution in [0.1, 0.15) is 38.5 Å². The van der Waals surface area contributed by atoms with Crippen molar-refractivity contribution in [2.24, 2.45) is 11.3 Å². The maximum Gasteiger partial charge on any atom is 0.0687 e. The number of halogens is 1. The Morgan fingerprint density at radius 1 is 1.15 bits per heavy atom. The lowest BCUT2D eigenvalue weighted by molar-refractivity contribution is -0.176. The predicted octanol–water partition coefficient (Wildman–Crippen LogP) is 2.96. The fourth-order valence-corrected chi connectivity index (χ4v) is 4.36. The molecule has 0 aromatic heterocycles. The van der Waals surface area contributed by atoms with Crippen molar-refractivity contribution >= 4 is 11.6 Å². The second-order valence-electron chi connectivity index (χ2n) is 4.94. The van der Waals surface area contributed by atoms with Gasteiger partial charge < -0.3 is 4.74 Å². The highest BCUT2D eigenvalue weighted by Gasteiger charge is 2.62. The quantitative estimate of drug-likeness (QED) is 0.547. The van der Waals surface area contributed by atoms with Crippen molar-refractivity contribution in [3.63, 3.8) is 0 Å². The first-order valence-electron chi connectivity index (χ1n) is 5.60. The van der Waals surface area contributed by atoms with E-state index < -0.39 is 0 Å². The third kappa shape index (κ3) is 0.979. The molecule has 3 atom stereocenters. The molecular weight excluding hydrogens is 184 g/mol. The molecule has 3 aliphatic rings. The standard InChI is InChI=1S/C11H17ClO/c12-9-8-4-3-7-13-10(8)11(9)5-1-2-6-11/h8-10H,1-7H2/t8-,9-,10-/m1/s1. The van der Waals surface area contributed by atoms with Crippen LogP contribution in [0, 0.1) is 11.3 Å². The molecule has 0 N–H and O–H groups in total. The summed E-state index contributed by atoms with van der Waals surface area (Å²) in [6.45, 7) is 0.979. The van der Waals surface area contributed by atoms with Crippen LogP contribution in [-0.4, -0.2) is 18.1 Å². The van der Waals surface area contributed by atoms with Crippen LogP contribution in [0.25, 0.3) is 0 Å². The zero-order valence-corrected chi connectivity index (χ0v) is 8.72. The van der Waals surface area contributed by atoms with Gasteiger partial charge >= 0.3 is 0 Å². The van der Waals surface area contributed by atoms with Gasteiger partial charge in [-0.2, -0.15) is 0 Å². The van der Waals surface area contributed by atoms with Gasteiger partial charge in [-0.05, 0) is 25.7 Å². The van der Waals surface area contributed by atoms with Gasteiger partial charge in [0.1, 0.15) is 0 Å². The van der Waals surface area contributed by atoms with E-state index >= 15 is 0 Å². The number of hydrogen-bond acceptors (Lipinski definition) is 1. The van der Waals surface area contributed by atoms with Gasteiger partial charge in [0, 0.05) is 23.3 Å². The number of fused-ring (bicyclic) bond motifs is 2. The summed E-state index contributed by atoms with van der Waals surface area (Å²) in [5, 5.41) is 0.431. The molecule has 3 fully saturated rings. The van der Waals surface area contributed by atoms with Crippen molar-refractivity contribution in [2.75, 3.05) is 6.61 Å². The van der Waals surface area contributed by atoms with Crippen molar-refractivity contribution in [3.8, 4) is 0 Å². The maximum absolute atomic E-state index is 6.51. The molecule has 1 nitrogen and oxygen atoms in total. The Kier molecular flexibility index (Phi) is 1.89. The normalized spacial score (nSPS) is 47.3. The average molecular weight is 201 g/mol. The number of ether oxygens (including phenoxy) is 1. The molecule has 3 rings (SSSR count). The Balaban J connectivity index is 1.82. The second kappa shape index (κ2) is 2.87. The Labute approximate surface area is 84.8 Å². The molecule has 0 unspecified atom stereocenters. The van der Waals surface area contributed by atoms with Crippen LogP contribution >= 0.6 is 11.6 Å². The molecule has 0 radical (unpaired) electrons. The molecule has 2 aliphatic carbocycles. The molecule has 2 heteroatoms. The number of hydrogen-bond donors (Lipinski definition) is 0. The number of alkyl halides is 1. The maximum atomic E-state index is 6.51. The van der Waals surface area contributed by atoms with E-state index in [9.17, 15) is 0 Å². The molecular formula is C11H17ClO. The van der Waals surface area contributed by atoms with E-state index in [0.717, 1.165) is 6.61 Å². The minimum absolute atomic E-state index is 0.409. The molecule has 0 amide bonds. The molecule has 2 saturated carbocycles. The van der Waals surface area contributed by atoms with Gasteiger partial charge in [0.05, 0.1) is 6.10 Å². The van der Waals surface area contributed by atoms with E-state index in [2.05, 4.69) is 0 Å². The predicted molar refractivity (Wildman–Crippen MR) is 53.0 cm³/mol. The Hall–Kier alpha value is 0.250. The van der Waals surface area contributed by atoms with Crippen LogP contribution in [-0.2, 0) is 4.74 Å². The van der Waals surface area contributed by atoms with E-state index in [0.29, 0.717) is 22.8 Å². The van der Waals surface area contributed by atoms with E-state index in [1.165, 1.54) is 38.5 Å². The van der Waals surface area contributed by atoms with E-state index in [-0.39, 0.29) is 0 Å². The van der Waals surface area contributed by atoms with Crippen molar-refractivity contribution < 1.29 is 4.74 Å². The van der Waals surface area contributed by atoms with Crippen LogP contribution in [0.15, 0.2) is 0 Å². The molecule has 0 aromatic rings. The van der Waals surface area contributed by atoms with Gasteiger partial charge in [0.2, 0.25) is 0 Å². The molecule has 13 heavy (non-hydrogen) atoms. The van der Waals surface area contributed by atoms with Gasteiger partial charge in [-0.15, -0.1) is 11.6 Å². The Morgan fingerprint density at radius 2 is 1.92 bits per heavy atom. The van der Waals surface area contributed by atoms with Crippen molar-refractivity contribution in [1.82, 2.24) is 0 Å².